The summed E-state index contributed by atoms with van der Waals surface area (Å²) in [4.78, 5) is 14.8. The number of nitrogens with zero attached hydrogens (tertiary/aromatic N) is 1. The molecule has 2 aromatic rings. The summed E-state index contributed by atoms with van der Waals surface area (Å²) in [5.41, 5.74) is -1.68. The van der Waals surface area contributed by atoms with Gasteiger partial charge in [-0.15, -0.1) is 0 Å². The molecule has 0 radical (unpaired) electrons. The van der Waals surface area contributed by atoms with Gasteiger partial charge >= 0.3 is 6.09 Å². The second-order valence-electron chi connectivity index (χ2n) is 11.6. The predicted octanol–water partition coefficient (Wildman–Crippen LogP) is 4.71. The fraction of sp³-hybridized carbons (Fsp3) is 0.536. The number of carbonyl (C=O) groups is 1. The van der Waals surface area contributed by atoms with Crippen molar-refractivity contribution in [1.82, 2.24) is 4.90 Å². The van der Waals surface area contributed by atoms with Gasteiger partial charge in [-0.2, -0.15) is 0 Å². The van der Waals surface area contributed by atoms with Crippen LogP contribution in [-0.4, -0.2) is 54.8 Å². The predicted molar refractivity (Wildman–Crippen MR) is 140 cm³/mol. The maximum atomic E-state index is 13.1. The minimum atomic E-state index is -2.80. The summed E-state index contributed by atoms with van der Waals surface area (Å²) in [6.45, 7) is 14.8. The number of hydrogen-bond donors (Lipinski definition) is 1. The topological polar surface area (TPSA) is 59.0 Å². The molecular weight excluding hydrogens is 442 g/mol. The summed E-state index contributed by atoms with van der Waals surface area (Å²) in [5.74, 6) is 0. The van der Waals surface area contributed by atoms with E-state index in [1.807, 2.05) is 39.8 Å². The molecule has 2 aromatic carbocycles. The third kappa shape index (κ3) is 5.56. The third-order valence-corrected chi connectivity index (χ3v) is 11.7. The Morgan fingerprint density at radius 1 is 1.00 bits per heavy atom. The molecule has 1 aliphatic heterocycles. The van der Waals surface area contributed by atoms with Crippen molar-refractivity contribution in [3.63, 3.8) is 0 Å². The number of likely N-dealkylation sites (tertiary alicyclic amines) is 1. The number of amides is 1. The van der Waals surface area contributed by atoms with Gasteiger partial charge in [-0.3, -0.25) is 0 Å². The number of hydrogen-bond acceptors (Lipinski definition) is 4. The van der Waals surface area contributed by atoms with E-state index in [9.17, 15) is 9.90 Å². The van der Waals surface area contributed by atoms with Crippen LogP contribution in [0.5, 0.6) is 0 Å². The lowest BCUT2D eigenvalue weighted by Gasteiger charge is -2.48. The Morgan fingerprint density at radius 2 is 1.50 bits per heavy atom. The van der Waals surface area contributed by atoms with Crippen LogP contribution in [0.25, 0.3) is 0 Å². The van der Waals surface area contributed by atoms with Crippen molar-refractivity contribution in [2.45, 2.75) is 83.6 Å². The average molecular weight is 484 g/mol. The van der Waals surface area contributed by atoms with Gasteiger partial charge in [0.05, 0.1) is 18.2 Å². The van der Waals surface area contributed by atoms with E-state index in [4.69, 9.17) is 9.16 Å². The highest BCUT2D eigenvalue weighted by molar-refractivity contribution is 6.99. The molecule has 1 unspecified atom stereocenters. The second-order valence-corrected chi connectivity index (χ2v) is 15.9. The first-order valence-corrected chi connectivity index (χ1v) is 14.2. The lowest BCUT2D eigenvalue weighted by Crippen LogP contribution is -2.69. The molecule has 0 aromatic heterocycles. The van der Waals surface area contributed by atoms with Crippen LogP contribution in [0.3, 0.4) is 0 Å². The maximum Gasteiger partial charge on any atom is 0.410 e. The monoisotopic (exact) mass is 483 g/mol. The molecule has 3 rings (SSSR count). The molecular formula is C28H41NO4Si. The largest absolute Gasteiger partial charge is 0.444 e. The van der Waals surface area contributed by atoms with Gasteiger partial charge in [0, 0.05) is 6.54 Å². The van der Waals surface area contributed by atoms with Gasteiger partial charge < -0.3 is 19.2 Å². The molecule has 1 aliphatic rings. The summed E-state index contributed by atoms with van der Waals surface area (Å²) in [6, 6.07) is 20.3. The number of aliphatic hydroxyl groups is 1. The van der Waals surface area contributed by atoms with Crippen LogP contribution in [0.1, 0.15) is 61.3 Å². The van der Waals surface area contributed by atoms with Crippen molar-refractivity contribution in [3.8, 4) is 0 Å². The van der Waals surface area contributed by atoms with Crippen LogP contribution in [0.4, 0.5) is 4.79 Å². The lowest BCUT2D eigenvalue weighted by atomic mass is 9.87. The second kappa shape index (κ2) is 9.84. The summed E-state index contributed by atoms with van der Waals surface area (Å²) < 4.78 is 12.8. The quantitative estimate of drug-likeness (QED) is 0.626. The smallest absolute Gasteiger partial charge is 0.410 e. The Labute approximate surface area is 206 Å². The Balaban J connectivity index is 2.04. The first-order valence-electron chi connectivity index (χ1n) is 12.2. The van der Waals surface area contributed by atoms with Gasteiger partial charge in [0.25, 0.3) is 8.32 Å². The molecule has 1 heterocycles. The van der Waals surface area contributed by atoms with E-state index in [-0.39, 0.29) is 11.6 Å². The standard InChI is InChI=1S/C28H41NO4Si/c1-26(2,3)33-25(30)29-20-14-19-28(7,31)24(29)21-32-34(27(4,5)6,22-15-10-8-11-16-22)23-17-12-9-13-18-23/h8-13,15-18,24,31H,14,19-21H2,1-7H3/t24-,28?/m1/s1. The van der Waals surface area contributed by atoms with E-state index < -0.39 is 31.7 Å². The van der Waals surface area contributed by atoms with E-state index in [2.05, 4.69) is 69.3 Å². The van der Waals surface area contributed by atoms with Crippen molar-refractivity contribution >= 4 is 24.8 Å². The van der Waals surface area contributed by atoms with Gasteiger partial charge in [0.2, 0.25) is 0 Å². The molecule has 1 fully saturated rings. The van der Waals surface area contributed by atoms with Gasteiger partial charge in [-0.1, -0.05) is 81.4 Å². The Kier molecular flexibility index (Phi) is 7.65. The van der Waals surface area contributed by atoms with Crippen molar-refractivity contribution < 1.29 is 19.1 Å². The zero-order valence-corrected chi connectivity index (χ0v) is 22.8. The molecule has 186 valence electrons. The molecule has 0 aliphatic carbocycles. The Hall–Kier alpha value is -2.15. The van der Waals surface area contributed by atoms with Crippen LogP contribution in [0.15, 0.2) is 60.7 Å². The van der Waals surface area contributed by atoms with Crippen molar-refractivity contribution in [1.29, 1.82) is 0 Å². The fourth-order valence-corrected chi connectivity index (χ4v) is 9.60. The molecule has 1 saturated heterocycles. The van der Waals surface area contributed by atoms with Crippen molar-refractivity contribution in [2.24, 2.45) is 0 Å². The Morgan fingerprint density at radius 3 is 1.94 bits per heavy atom. The van der Waals surface area contributed by atoms with Crippen LogP contribution >= 0.6 is 0 Å². The molecule has 0 saturated carbocycles. The van der Waals surface area contributed by atoms with E-state index in [0.29, 0.717) is 13.0 Å². The molecule has 6 heteroatoms. The molecule has 1 N–H and O–H groups in total. The van der Waals surface area contributed by atoms with Crippen LogP contribution in [0, 0.1) is 0 Å². The highest BCUT2D eigenvalue weighted by Gasteiger charge is 2.52. The minimum Gasteiger partial charge on any atom is -0.444 e. The fourth-order valence-electron chi connectivity index (χ4n) is 5.04. The third-order valence-electron chi connectivity index (χ3n) is 6.68. The lowest BCUT2D eigenvalue weighted by molar-refractivity contribution is -0.0857. The summed E-state index contributed by atoms with van der Waals surface area (Å²) in [7, 11) is -2.80. The van der Waals surface area contributed by atoms with Gasteiger partial charge in [0.15, 0.2) is 0 Å². The number of carbonyl (C=O) groups excluding carboxylic acids is 1. The van der Waals surface area contributed by atoms with E-state index >= 15 is 0 Å². The van der Waals surface area contributed by atoms with Crippen molar-refractivity contribution in [3.05, 3.63) is 60.7 Å². The summed E-state index contributed by atoms with van der Waals surface area (Å²) in [6.07, 6.45) is 0.937. The van der Waals surface area contributed by atoms with Gasteiger partial charge in [0.1, 0.15) is 5.60 Å². The van der Waals surface area contributed by atoms with Crippen LogP contribution < -0.4 is 10.4 Å². The molecule has 2 atom stereocenters. The van der Waals surface area contributed by atoms with E-state index in [1.165, 1.54) is 10.4 Å². The normalized spacial score (nSPS) is 21.9. The van der Waals surface area contributed by atoms with Crippen molar-refractivity contribution in [2.75, 3.05) is 13.2 Å². The van der Waals surface area contributed by atoms with Crippen LogP contribution in [-0.2, 0) is 9.16 Å². The zero-order valence-electron chi connectivity index (χ0n) is 21.8. The summed E-state index contributed by atoms with van der Waals surface area (Å²) >= 11 is 0. The van der Waals surface area contributed by atoms with E-state index in [1.54, 1.807) is 4.90 Å². The maximum absolute atomic E-state index is 13.1. The Bertz CT molecular complexity index is 908. The SMILES string of the molecule is CC(C)(C)OC(=O)N1CCCC(C)(O)[C@H]1CO[Si](c1ccccc1)(c1ccccc1)C(C)(C)C. The number of ether oxygens (including phenoxy) is 1. The average Bonchev–Trinajstić information content (AvgIpc) is 2.74. The molecule has 5 nitrogen and oxygen atoms in total. The van der Waals surface area contributed by atoms with Gasteiger partial charge in [-0.05, 0) is 55.9 Å². The highest BCUT2D eigenvalue weighted by atomic mass is 28.4. The first kappa shape index (κ1) is 26.5. The van der Waals surface area contributed by atoms with E-state index in [0.717, 1.165) is 6.42 Å². The number of benzene rings is 2. The number of piperidine rings is 1. The van der Waals surface area contributed by atoms with Gasteiger partial charge in [-0.25, -0.2) is 4.79 Å². The minimum absolute atomic E-state index is 0.188. The molecule has 0 bridgehead atoms. The molecule has 0 spiro atoms. The van der Waals surface area contributed by atoms with Crippen LogP contribution in [0.2, 0.25) is 5.04 Å². The highest BCUT2D eigenvalue weighted by Crippen LogP contribution is 2.38. The zero-order chi connectivity index (χ0) is 25.2. The summed E-state index contributed by atoms with van der Waals surface area (Å²) in [5, 5.41) is 13.5. The number of rotatable bonds is 5. The molecule has 1 amide bonds. The first-order chi connectivity index (χ1) is 15.8. The molecule has 34 heavy (non-hydrogen) atoms.